The summed E-state index contributed by atoms with van der Waals surface area (Å²) in [5.41, 5.74) is 4.38. The molecule has 2 aromatic heterocycles. The van der Waals surface area contributed by atoms with E-state index in [2.05, 4.69) is 41.4 Å². The van der Waals surface area contributed by atoms with Gasteiger partial charge >= 0.3 is 0 Å². The van der Waals surface area contributed by atoms with E-state index < -0.39 is 6.10 Å². The molecule has 1 radical (unpaired) electrons. The summed E-state index contributed by atoms with van der Waals surface area (Å²) in [6.07, 6.45) is 6.48. The van der Waals surface area contributed by atoms with Crippen molar-refractivity contribution in [2.45, 2.75) is 50.5 Å². The molecule has 2 amide bonds. The number of thioether (sulfide) groups is 1. The molecule has 1 fully saturated rings. The van der Waals surface area contributed by atoms with E-state index in [0.717, 1.165) is 21.9 Å². The summed E-state index contributed by atoms with van der Waals surface area (Å²) in [5.74, 6) is 1.77. The van der Waals surface area contributed by atoms with Crippen molar-refractivity contribution >= 4 is 29.4 Å². The zero-order valence-corrected chi connectivity index (χ0v) is 29.0. The number of rotatable bonds is 14. The Hall–Kier alpha value is -5.20. The maximum Gasteiger partial charge on any atom is 0.257 e. The SMILES string of the molecule is C=CC(=O)[N-]CCN([CH2-])C[C@@H](Oc1cc(C)c(C(=O)Nc2ncc(C#N)cc2C)cc1SCC)c1ccc(C2CC2)cn1.[CH3-].[Lr]. The molecule has 45 heavy (non-hydrogen) atoms. The number of nitrogens with zero attached hydrogens (tertiary/aromatic N) is 5. The minimum Gasteiger partial charge on any atom is -0.649 e. The number of anilines is 1. The van der Waals surface area contributed by atoms with Crippen LogP contribution in [-0.2, 0) is 4.79 Å². The maximum atomic E-state index is 13.3. The van der Waals surface area contributed by atoms with E-state index >= 15 is 0 Å². The van der Waals surface area contributed by atoms with Gasteiger partial charge in [-0.15, -0.1) is 18.3 Å². The van der Waals surface area contributed by atoms with Crippen LogP contribution >= 0.6 is 11.8 Å². The van der Waals surface area contributed by atoms with Crippen LogP contribution in [0.25, 0.3) is 5.32 Å². The molecule has 9 nitrogen and oxygen atoms in total. The molecule has 0 aliphatic heterocycles. The molecule has 3 aromatic rings. The second kappa shape index (κ2) is 16.6. The van der Waals surface area contributed by atoms with Gasteiger partial charge in [0.1, 0.15) is 17.6 Å². The van der Waals surface area contributed by atoms with Crippen molar-refractivity contribution in [2.75, 3.05) is 30.7 Å². The van der Waals surface area contributed by atoms with Gasteiger partial charge in [0.2, 0.25) is 0 Å². The number of benzene rings is 1. The standard InChI is InChI=1S/C33H37N6O3S.CH3.Lr/c1-6-31(40)35-12-13-39(5)20-29(27-11-10-25(19-36-27)24-8-9-24)42-28-15-21(3)26(16-30(28)43-7-2)33(41)38-32-22(4)14-23(17-34)18-37-32;;/h6,10-11,14-16,18-19,24,29H,1,5,7-9,12-13,20H2,2-4H3,(H2,35,37,38,40,41);1H3;/q2*-1;/p-1/t29-;;/m1../s1. The molecular weight excluding hydrogens is 834 g/mol. The molecule has 1 aliphatic rings. The zero-order chi connectivity index (χ0) is 30.9. The van der Waals surface area contributed by atoms with E-state index in [4.69, 9.17) is 15.0 Å². The molecule has 0 saturated heterocycles. The molecule has 0 spiro atoms. The van der Waals surface area contributed by atoms with Crippen LogP contribution in [0.15, 0.2) is 60.3 Å². The Bertz CT molecular complexity index is 1520. The van der Waals surface area contributed by atoms with E-state index in [9.17, 15) is 9.59 Å². The summed E-state index contributed by atoms with van der Waals surface area (Å²) < 4.78 is 6.64. The Balaban J connectivity index is 0.00000353. The topological polar surface area (TPSA) is 122 Å². The van der Waals surface area contributed by atoms with Crippen molar-refractivity contribution in [3.63, 3.8) is 0 Å². The number of amides is 2. The molecule has 4 rings (SSSR count). The van der Waals surface area contributed by atoms with Gasteiger partial charge in [0.15, 0.2) is 6.10 Å². The average Bonchev–Trinajstić information content (AvgIpc) is 3.85. The minimum absolute atomic E-state index is 0. The molecule has 1 aliphatic carbocycles. The van der Waals surface area contributed by atoms with Crippen molar-refractivity contribution in [3.8, 4) is 11.8 Å². The van der Waals surface area contributed by atoms with E-state index in [1.165, 1.54) is 30.7 Å². The van der Waals surface area contributed by atoms with Gasteiger partial charge in [0.05, 0.1) is 22.1 Å². The van der Waals surface area contributed by atoms with Gasteiger partial charge in [-0.2, -0.15) is 5.26 Å². The van der Waals surface area contributed by atoms with Gasteiger partial charge in [-0.25, -0.2) is 4.98 Å². The summed E-state index contributed by atoms with van der Waals surface area (Å²) in [7, 11) is 4.14. The van der Waals surface area contributed by atoms with Gasteiger partial charge in [0, 0.05) is 24.5 Å². The predicted molar refractivity (Wildman–Crippen MR) is 176 cm³/mol. The number of aryl methyl sites for hydroxylation is 2. The summed E-state index contributed by atoms with van der Waals surface area (Å²) in [6.45, 7) is 10.3. The molecule has 1 aromatic carbocycles. The van der Waals surface area contributed by atoms with Gasteiger partial charge in [-0.05, 0) is 91.9 Å². The molecule has 1 saturated carbocycles. The maximum absolute atomic E-state index is 13.3. The number of ether oxygens (including phenoxy) is 1. The Labute approximate surface area is 265 Å². The monoisotopic (exact) mass is 873 g/mol. The molecule has 0 unspecified atom stereocenters. The zero-order valence-electron chi connectivity index (χ0n) is 26.1. The van der Waals surface area contributed by atoms with Crippen LogP contribution in [0.3, 0.4) is 0 Å². The van der Waals surface area contributed by atoms with Crippen molar-refractivity contribution in [2.24, 2.45) is 0 Å². The number of aromatic nitrogens is 2. The van der Waals surface area contributed by atoms with E-state index in [1.807, 2.05) is 43.1 Å². The average molecular weight is 874 g/mol. The number of nitrogens with one attached hydrogen (secondary N) is 1. The van der Waals surface area contributed by atoms with Crippen LogP contribution < -0.4 is 10.1 Å². The number of hydrogen-bond acceptors (Lipinski definition) is 8. The molecule has 1 atom stereocenters. The van der Waals surface area contributed by atoms with Crippen molar-refractivity contribution in [1.82, 2.24) is 14.9 Å². The fourth-order valence-corrected chi connectivity index (χ4v) is 5.27. The smallest absolute Gasteiger partial charge is 0.257 e. The van der Waals surface area contributed by atoms with Gasteiger partial charge < -0.3 is 32.5 Å². The van der Waals surface area contributed by atoms with Gasteiger partial charge in [0.25, 0.3) is 5.91 Å². The first-order valence-electron chi connectivity index (χ1n) is 14.2. The van der Waals surface area contributed by atoms with Crippen LogP contribution in [-0.4, -0.2) is 52.1 Å². The quantitative estimate of drug-likeness (QED) is 0.105. The van der Waals surface area contributed by atoms with Crippen molar-refractivity contribution in [3.05, 3.63) is 109 Å². The third-order valence-corrected chi connectivity index (χ3v) is 7.93. The fraction of sp³-hybridized carbons (Fsp3) is 0.324. The third-order valence-electron chi connectivity index (χ3n) is 7.01. The van der Waals surface area contributed by atoms with Crippen LogP contribution in [0.2, 0.25) is 0 Å². The largest absolute Gasteiger partial charge is 0.649 e. The number of carbonyl (C=O) groups is 2. The number of carbonyl (C=O) groups excluding carboxylic acids is 2. The first-order chi connectivity index (χ1) is 20.7. The molecule has 11 heteroatoms. The first kappa shape index (κ1) is 36.0. The van der Waals surface area contributed by atoms with E-state index in [1.54, 1.807) is 24.8 Å². The molecule has 0 bridgehead atoms. The number of nitriles is 1. The Morgan fingerprint density at radius 3 is 2.60 bits per heavy atom. The van der Waals surface area contributed by atoms with Gasteiger partial charge in [-0.3, -0.25) is 16.8 Å². The summed E-state index contributed by atoms with van der Waals surface area (Å²) in [4.78, 5) is 36.5. The normalized spacial score (nSPS) is 12.6. The molecule has 2 heterocycles. The third kappa shape index (κ3) is 9.65. The molecule has 1 N–H and O–H groups in total. The van der Waals surface area contributed by atoms with Crippen molar-refractivity contribution in [1.29, 1.82) is 5.26 Å². The second-order valence-electron chi connectivity index (χ2n) is 10.4. The van der Waals surface area contributed by atoms with Crippen molar-refractivity contribution < 1.29 is 14.3 Å². The molecular formula is C34H39LrN6O3S-3. The Morgan fingerprint density at radius 1 is 1.24 bits per heavy atom. The number of pyridine rings is 2. The predicted octanol–water partition coefficient (Wildman–Crippen LogP) is 6.96. The second-order valence-corrected chi connectivity index (χ2v) is 11.7. The summed E-state index contributed by atoms with van der Waals surface area (Å²) in [6, 6.07) is 11.6. The van der Waals surface area contributed by atoms with E-state index in [0.29, 0.717) is 53.8 Å². The van der Waals surface area contributed by atoms with E-state index in [-0.39, 0.29) is 19.2 Å². The van der Waals surface area contributed by atoms with Crippen LogP contribution in [0.4, 0.5) is 5.82 Å². The van der Waals surface area contributed by atoms with Crippen LogP contribution in [0.5, 0.6) is 5.75 Å². The van der Waals surface area contributed by atoms with Crippen LogP contribution in [0.1, 0.15) is 70.1 Å². The Morgan fingerprint density at radius 2 is 2.00 bits per heavy atom. The minimum atomic E-state index is -0.457. The fourth-order valence-electron chi connectivity index (χ4n) is 4.51. The van der Waals surface area contributed by atoms with Gasteiger partial charge in [-0.1, -0.05) is 19.6 Å². The summed E-state index contributed by atoms with van der Waals surface area (Å²) in [5, 5.41) is 15.9. The Kier molecular flexibility index (Phi) is 13.3. The summed E-state index contributed by atoms with van der Waals surface area (Å²) >= 11 is 1.58. The first-order valence-corrected chi connectivity index (χ1v) is 15.2. The number of hydrogen-bond donors (Lipinski definition) is 1. The molecule has 247 valence electrons. The van der Waals surface area contributed by atoms with Crippen LogP contribution in [0, 0.1) is 39.7 Å².